The lowest BCUT2D eigenvalue weighted by atomic mass is 10.2. The van der Waals surface area contributed by atoms with Gasteiger partial charge in [0.15, 0.2) is 5.06 Å². The predicted octanol–water partition coefficient (Wildman–Crippen LogP) is 3.10. The van der Waals surface area contributed by atoms with Gasteiger partial charge in [-0.1, -0.05) is 0 Å². The molecule has 0 radical (unpaired) electrons. The van der Waals surface area contributed by atoms with Gasteiger partial charge in [-0.2, -0.15) is 0 Å². The van der Waals surface area contributed by atoms with E-state index in [1.165, 1.54) is 11.3 Å². The van der Waals surface area contributed by atoms with Gasteiger partial charge in [0.1, 0.15) is 5.60 Å². The van der Waals surface area contributed by atoms with Gasteiger partial charge in [0, 0.05) is 0 Å². The number of anilines is 1. The van der Waals surface area contributed by atoms with Gasteiger partial charge in [-0.3, -0.25) is 5.32 Å². The van der Waals surface area contributed by atoms with Crippen LogP contribution in [-0.4, -0.2) is 18.8 Å². The Morgan fingerprint density at radius 2 is 2.13 bits per heavy atom. The first kappa shape index (κ1) is 11.8. The summed E-state index contributed by atoms with van der Waals surface area (Å²) in [4.78, 5) is 11.4. The summed E-state index contributed by atoms with van der Waals surface area (Å²) in [6, 6.07) is 1.77. The van der Waals surface area contributed by atoms with E-state index in [9.17, 15) is 4.79 Å². The molecule has 1 rings (SSSR count). The number of amides is 1. The van der Waals surface area contributed by atoms with Crippen LogP contribution < -0.4 is 10.1 Å². The third kappa shape index (κ3) is 3.79. The summed E-state index contributed by atoms with van der Waals surface area (Å²) in [6.07, 6.45) is -0.473. The summed E-state index contributed by atoms with van der Waals surface area (Å²) in [7, 11) is 1.56. The van der Waals surface area contributed by atoms with E-state index in [2.05, 4.69) is 5.32 Å². The number of thiophene rings is 1. The molecule has 0 saturated carbocycles. The molecule has 1 aromatic rings. The van der Waals surface area contributed by atoms with Crippen molar-refractivity contribution in [3.8, 4) is 5.06 Å². The van der Waals surface area contributed by atoms with Gasteiger partial charge in [0.2, 0.25) is 0 Å². The molecule has 15 heavy (non-hydrogen) atoms. The molecule has 0 unspecified atom stereocenters. The molecule has 5 heteroatoms. The molecule has 0 aliphatic rings. The number of ether oxygens (including phenoxy) is 2. The van der Waals surface area contributed by atoms with Crippen molar-refractivity contribution in [3.05, 3.63) is 11.4 Å². The van der Waals surface area contributed by atoms with Gasteiger partial charge in [0.25, 0.3) is 0 Å². The number of carbonyl (C=O) groups excluding carboxylic acids is 1. The molecule has 0 saturated heterocycles. The molecule has 0 aliphatic heterocycles. The van der Waals surface area contributed by atoms with Gasteiger partial charge < -0.3 is 9.47 Å². The van der Waals surface area contributed by atoms with E-state index in [4.69, 9.17) is 9.47 Å². The second-order valence-corrected chi connectivity index (χ2v) is 4.83. The van der Waals surface area contributed by atoms with Crippen LogP contribution in [0.15, 0.2) is 11.4 Å². The molecule has 84 valence electrons. The molecular formula is C10H15NO3S. The maximum atomic E-state index is 11.4. The van der Waals surface area contributed by atoms with Crippen LogP contribution >= 0.6 is 11.3 Å². The first-order valence-corrected chi connectivity index (χ1v) is 5.42. The second kappa shape index (κ2) is 4.53. The summed E-state index contributed by atoms with van der Waals surface area (Å²) in [5.41, 5.74) is 0.143. The molecule has 1 amide bonds. The van der Waals surface area contributed by atoms with Crippen LogP contribution in [0.4, 0.5) is 10.5 Å². The largest absolute Gasteiger partial charge is 0.486 e. The normalized spacial score (nSPS) is 10.9. The Labute approximate surface area is 93.2 Å². The summed E-state index contributed by atoms with van der Waals surface area (Å²) < 4.78 is 10.2. The summed E-state index contributed by atoms with van der Waals surface area (Å²) in [6.45, 7) is 5.45. The summed E-state index contributed by atoms with van der Waals surface area (Å²) >= 11 is 1.42. The first-order chi connectivity index (χ1) is 6.92. The summed E-state index contributed by atoms with van der Waals surface area (Å²) in [5.74, 6) is 0. The van der Waals surface area contributed by atoms with Crippen molar-refractivity contribution in [2.75, 3.05) is 12.4 Å². The van der Waals surface area contributed by atoms with Gasteiger partial charge in [0.05, 0.1) is 12.8 Å². The molecule has 1 N–H and O–H groups in total. The lowest BCUT2D eigenvalue weighted by Gasteiger charge is -2.19. The van der Waals surface area contributed by atoms with Crippen LogP contribution in [0.2, 0.25) is 0 Å². The average Bonchev–Trinajstić information content (AvgIpc) is 2.48. The third-order valence-corrected chi connectivity index (χ3v) is 2.32. The fourth-order valence-electron chi connectivity index (χ4n) is 0.960. The number of hydrogen-bond donors (Lipinski definition) is 1. The maximum absolute atomic E-state index is 11.4. The lowest BCUT2D eigenvalue weighted by Crippen LogP contribution is -2.27. The van der Waals surface area contributed by atoms with Crippen molar-refractivity contribution >= 4 is 23.1 Å². The Morgan fingerprint density at radius 3 is 2.67 bits per heavy atom. The molecule has 0 spiro atoms. The fourth-order valence-corrected chi connectivity index (χ4v) is 1.63. The zero-order chi connectivity index (χ0) is 11.5. The zero-order valence-electron chi connectivity index (χ0n) is 9.29. The Morgan fingerprint density at radius 1 is 1.47 bits per heavy atom. The van der Waals surface area contributed by atoms with Crippen LogP contribution in [0.1, 0.15) is 20.8 Å². The quantitative estimate of drug-likeness (QED) is 0.847. The molecule has 1 aromatic heterocycles. The molecule has 0 aromatic carbocycles. The number of methoxy groups -OCH3 is 1. The Balaban J connectivity index is 2.59. The fraction of sp³-hybridized carbons (Fsp3) is 0.500. The number of carbonyl (C=O) groups is 1. The first-order valence-electron chi connectivity index (χ1n) is 4.54. The van der Waals surface area contributed by atoms with E-state index in [1.807, 2.05) is 26.2 Å². The number of nitrogens with one attached hydrogen (secondary N) is 1. The van der Waals surface area contributed by atoms with E-state index < -0.39 is 11.7 Å². The third-order valence-electron chi connectivity index (χ3n) is 1.45. The highest BCUT2D eigenvalue weighted by Gasteiger charge is 2.17. The van der Waals surface area contributed by atoms with Gasteiger partial charge >= 0.3 is 6.09 Å². The predicted molar refractivity (Wildman–Crippen MR) is 60.7 cm³/mol. The molecule has 1 heterocycles. The van der Waals surface area contributed by atoms with Crippen LogP contribution in [0.3, 0.4) is 0 Å². The van der Waals surface area contributed by atoms with E-state index in [0.717, 1.165) is 0 Å². The lowest BCUT2D eigenvalue weighted by molar-refractivity contribution is 0.0635. The van der Waals surface area contributed by atoms with Crippen LogP contribution in [0.5, 0.6) is 5.06 Å². The Bertz CT molecular complexity index is 341. The monoisotopic (exact) mass is 229 g/mol. The highest BCUT2D eigenvalue weighted by Crippen LogP contribution is 2.30. The minimum atomic E-state index is -0.493. The van der Waals surface area contributed by atoms with E-state index in [1.54, 1.807) is 13.2 Å². The molecule has 0 fully saturated rings. The van der Waals surface area contributed by atoms with Crippen molar-refractivity contribution in [2.24, 2.45) is 0 Å². The van der Waals surface area contributed by atoms with Crippen molar-refractivity contribution in [1.82, 2.24) is 0 Å². The van der Waals surface area contributed by atoms with Crippen LogP contribution in [0, 0.1) is 0 Å². The number of hydrogen-bond acceptors (Lipinski definition) is 4. The molecule has 0 bridgehead atoms. The second-order valence-electron chi connectivity index (χ2n) is 3.95. The molecule has 4 nitrogen and oxygen atoms in total. The van der Waals surface area contributed by atoms with E-state index in [-0.39, 0.29) is 0 Å². The van der Waals surface area contributed by atoms with Gasteiger partial charge in [-0.25, -0.2) is 4.79 Å². The maximum Gasteiger partial charge on any atom is 0.412 e. The van der Waals surface area contributed by atoms with E-state index >= 15 is 0 Å². The van der Waals surface area contributed by atoms with Gasteiger partial charge in [-0.15, -0.1) is 11.3 Å². The SMILES string of the molecule is COc1sccc1NC(=O)OC(C)(C)C. The smallest absolute Gasteiger partial charge is 0.412 e. The van der Waals surface area contributed by atoms with E-state index in [0.29, 0.717) is 10.8 Å². The Kier molecular flexibility index (Phi) is 3.57. The average molecular weight is 229 g/mol. The van der Waals surface area contributed by atoms with Crippen LogP contribution in [-0.2, 0) is 4.74 Å². The van der Waals surface area contributed by atoms with Crippen LogP contribution in [0.25, 0.3) is 0 Å². The number of rotatable bonds is 2. The van der Waals surface area contributed by atoms with Gasteiger partial charge in [-0.05, 0) is 32.2 Å². The van der Waals surface area contributed by atoms with Crippen molar-refractivity contribution in [1.29, 1.82) is 0 Å². The highest BCUT2D eigenvalue weighted by atomic mass is 32.1. The summed E-state index contributed by atoms with van der Waals surface area (Å²) in [5, 5.41) is 5.13. The minimum absolute atomic E-state index is 0.473. The molecule has 0 atom stereocenters. The highest BCUT2D eigenvalue weighted by molar-refractivity contribution is 7.12. The van der Waals surface area contributed by atoms with Crippen molar-refractivity contribution in [3.63, 3.8) is 0 Å². The van der Waals surface area contributed by atoms with Crippen molar-refractivity contribution in [2.45, 2.75) is 26.4 Å². The van der Waals surface area contributed by atoms with Crippen molar-refractivity contribution < 1.29 is 14.3 Å². The topological polar surface area (TPSA) is 47.6 Å². The zero-order valence-corrected chi connectivity index (χ0v) is 10.1. The molecular weight excluding hydrogens is 214 g/mol. The standard InChI is InChI=1S/C10H15NO3S/c1-10(2,3)14-9(12)11-7-5-6-15-8(7)13-4/h5-6H,1-4H3,(H,11,12). The molecule has 0 aliphatic carbocycles. The minimum Gasteiger partial charge on any atom is -0.486 e. The Hall–Kier alpha value is -1.23.